The van der Waals surface area contributed by atoms with E-state index in [0.717, 1.165) is 37.0 Å². The Morgan fingerprint density at radius 1 is 1.16 bits per heavy atom. The Morgan fingerprint density at radius 2 is 1.86 bits per heavy atom. The minimum Gasteiger partial charge on any atom is -0.477 e. The zero-order valence-electron chi connectivity index (χ0n) is 21.7. The summed E-state index contributed by atoms with van der Waals surface area (Å²) in [4.78, 5) is 28.8. The second-order valence-corrected chi connectivity index (χ2v) is 14.8. The number of hydrogen-bond acceptors (Lipinski definition) is 6. The van der Waals surface area contributed by atoms with Crippen LogP contribution in [0.25, 0.3) is 0 Å². The average Bonchev–Trinajstić information content (AvgIpc) is 3.59. The molecule has 0 bridgehead atoms. The summed E-state index contributed by atoms with van der Waals surface area (Å²) >= 11 is 2.39. The van der Waals surface area contributed by atoms with Crippen LogP contribution in [0.3, 0.4) is 0 Å². The molecule has 2 aromatic heterocycles. The van der Waals surface area contributed by atoms with Gasteiger partial charge in [0.25, 0.3) is 0 Å². The molecule has 0 unspecified atom stereocenters. The maximum atomic E-state index is 14.0. The summed E-state index contributed by atoms with van der Waals surface area (Å²) in [6, 6.07) is 2.84. The van der Waals surface area contributed by atoms with Gasteiger partial charge in [0.05, 0.1) is 21.5 Å². The maximum Gasteiger partial charge on any atom is 0.348 e. The highest BCUT2D eigenvalue weighted by atomic mass is 32.2. The molecule has 0 aromatic carbocycles. The molecule has 1 atom stereocenters. The van der Waals surface area contributed by atoms with Crippen molar-refractivity contribution in [3.63, 3.8) is 0 Å². The highest BCUT2D eigenvalue weighted by Crippen LogP contribution is 2.38. The molecule has 1 N–H and O–H groups in total. The summed E-state index contributed by atoms with van der Waals surface area (Å²) in [7, 11) is -3.68. The van der Waals surface area contributed by atoms with Gasteiger partial charge in [0.15, 0.2) is 0 Å². The van der Waals surface area contributed by atoms with E-state index in [2.05, 4.69) is 18.8 Å². The molecule has 10 heteroatoms. The summed E-state index contributed by atoms with van der Waals surface area (Å²) in [6.45, 7) is 8.53. The Kier molecular flexibility index (Phi) is 8.19. The Labute approximate surface area is 227 Å². The lowest BCUT2D eigenvalue weighted by atomic mass is 9.82. The predicted molar refractivity (Wildman–Crippen MR) is 148 cm³/mol. The van der Waals surface area contributed by atoms with Gasteiger partial charge < -0.3 is 10.0 Å². The van der Waals surface area contributed by atoms with Crippen LogP contribution < -0.4 is 4.90 Å². The first-order valence-electron chi connectivity index (χ1n) is 12.6. The van der Waals surface area contributed by atoms with Crippen LogP contribution in [0, 0.1) is 29.1 Å². The number of carbonyl (C=O) groups is 2. The van der Waals surface area contributed by atoms with Crippen molar-refractivity contribution in [2.45, 2.75) is 70.7 Å². The number of rotatable bonds is 6. The SMILES string of the molecule is CC1CCC(C(=O)N(c2cc(C#CC(C)(C)C)sc2C(=O)O)[C@H]2CCN(S(=O)(=O)c3ccsc3)C2)CC1. The third-order valence-corrected chi connectivity index (χ3v) is 10.7. The minimum atomic E-state index is -3.68. The molecule has 2 aliphatic rings. The number of carboxylic acids is 1. The van der Waals surface area contributed by atoms with Gasteiger partial charge >= 0.3 is 5.97 Å². The molecule has 1 saturated heterocycles. The summed E-state index contributed by atoms with van der Waals surface area (Å²) in [5.74, 6) is 5.36. The topological polar surface area (TPSA) is 95.0 Å². The quantitative estimate of drug-likeness (QED) is 0.467. The van der Waals surface area contributed by atoms with Gasteiger partial charge in [-0.3, -0.25) is 4.79 Å². The van der Waals surface area contributed by atoms with Crippen LogP contribution in [0.1, 0.15) is 74.3 Å². The fraction of sp³-hybridized carbons (Fsp3) is 0.556. The van der Waals surface area contributed by atoms with Crippen molar-refractivity contribution in [3.05, 3.63) is 32.6 Å². The maximum absolute atomic E-state index is 14.0. The lowest BCUT2D eigenvalue weighted by Crippen LogP contribution is -2.46. The number of carboxylic acid groups (broad SMARTS) is 1. The summed E-state index contributed by atoms with van der Waals surface area (Å²) in [5, 5.41) is 13.4. The van der Waals surface area contributed by atoms with Gasteiger partial charge in [0.2, 0.25) is 15.9 Å². The lowest BCUT2D eigenvalue weighted by Gasteiger charge is -2.34. The molecule has 0 radical (unpaired) electrons. The molecule has 1 aliphatic carbocycles. The first-order valence-corrected chi connectivity index (χ1v) is 15.8. The first kappa shape index (κ1) is 27.8. The van der Waals surface area contributed by atoms with Gasteiger partial charge in [-0.05, 0) is 76.3 Å². The monoisotopic (exact) mass is 562 g/mol. The zero-order valence-corrected chi connectivity index (χ0v) is 24.1. The molecule has 1 saturated carbocycles. The summed E-state index contributed by atoms with van der Waals surface area (Å²) in [5.41, 5.74) is 0.0724. The second kappa shape index (κ2) is 10.9. The number of aromatic carboxylic acids is 1. The number of sulfonamides is 1. The van der Waals surface area contributed by atoms with E-state index in [0.29, 0.717) is 22.9 Å². The largest absolute Gasteiger partial charge is 0.477 e. The van der Waals surface area contributed by atoms with E-state index in [-0.39, 0.29) is 40.1 Å². The molecule has 4 rings (SSSR count). The van der Waals surface area contributed by atoms with E-state index in [1.807, 2.05) is 20.8 Å². The van der Waals surface area contributed by atoms with Crippen molar-refractivity contribution in [1.29, 1.82) is 0 Å². The van der Waals surface area contributed by atoms with Crippen LogP contribution >= 0.6 is 22.7 Å². The average molecular weight is 563 g/mol. The summed E-state index contributed by atoms with van der Waals surface area (Å²) in [6.07, 6.45) is 3.85. The number of thiophene rings is 2. The van der Waals surface area contributed by atoms with Gasteiger partial charge in [-0.2, -0.15) is 15.6 Å². The van der Waals surface area contributed by atoms with Gasteiger partial charge in [0.1, 0.15) is 4.88 Å². The third-order valence-electron chi connectivity index (χ3n) is 6.95. The van der Waals surface area contributed by atoms with E-state index >= 15 is 0 Å². The standard InChI is InChI=1S/C27H34N2O5S3/c1-18-5-7-19(8-6-18)25(30)29(20-10-13-28(16-20)37(33,34)22-11-14-35-17-22)23-15-21(9-12-27(2,3)4)36-24(23)26(31)32/h11,14-15,17-20H,5-8,10,13,16H2,1-4H3,(H,31,32)/t18?,19?,20-/m0/s1. The van der Waals surface area contributed by atoms with Crippen LogP contribution in [0.5, 0.6) is 0 Å². The molecule has 2 fully saturated rings. The van der Waals surface area contributed by atoms with Gasteiger partial charge in [0, 0.05) is 29.8 Å². The van der Waals surface area contributed by atoms with E-state index in [1.54, 1.807) is 27.8 Å². The normalized spacial score (nSPS) is 22.9. The van der Waals surface area contributed by atoms with E-state index in [1.165, 1.54) is 15.6 Å². The van der Waals surface area contributed by atoms with Crippen LogP contribution in [-0.4, -0.2) is 48.8 Å². The molecule has 37 heavy (non-hydrogen) atoms. The zero-order chi connectivity index (χ0) is 27.0. The van der Waals surface area contributed by atoms with E-state index in [4.69, 9.17) is 0 Å². The smallest absolute Gasteiger partial charge is 0.348 e. The summed E-state index contributed by atoms with van der Waals surface area (Å²) < 4.78 is 27.8. The Morgan fingerprint density at radius 3 is 2.46 bits per heavy atom. The van der Waals surface area contributed by atoms with Crippen molar-refractivity contribution >= 4 is 50.3 Å². The first-order chi connectivity index (χ1) is 17.4. The van der Waals surface area contributed by atoms with Gasteiger partial charge in [-0.1, -0.05) is 18.8 Å². The Bertz CT molecular complexity index is 1300. The number of nitrogens with zero attached hydrogens (tertiary/aromatic N) is 2. The molecule has 7 nitrogen and oxygen atoms in total. The molecule has 1 amide bonds. The Balaban J connectivity index is 1.72. The van der Waals surface area contributed by atoms with Crippen molar-refractivity contribution in [2.75, 3.05) is 18.0 Å². The highest BCUT2D eigenvalue weighted by Gasteiger charge is 2.41. The number of carbonyl (C=O) groups excluding carboxylic acids is 1. The number of hydrogen-bond donors (Lipinski definition) is 1. The van der Waals surface area contributed by atoms with Crippen molar-refractivity contribution in [1.82, 2.24) is 4.31 Å². The molecule has 2 aromatic rings. The van der Waals surface area contributed by atoms with E-state index in [9.17, 15) is 23.1 Å². The molecule has 0 spiro atoms. The minimum absolute atomic E-state index is 0.0647. The van der Waals surface area contributed by atoms with Crippen LogP contribution in [-0.2, 0) is 14.8 Å². The van der Waals surface area contributed by atoms with Crippen LogP contribution in [0.4, 0.5) is 5.69 Å². The molecule has 3 heterocycles. The molecule has 200 valence electrons. The third kappa shape index (κ3) is 6.28. The molecular formula is C27H34N2O5S3. The van der Waals surface area contributed by atoms with Crippen molar-refractivity contribution < 1.29 is 23.1 Å². The van der Waals surface area contributed by atoms with Gasteiger partial charge in [-0.25, -0.2) is 13.2 Å². The Hall–Kier alpha value is -2.19. The second-order valence-electron chi connectivity index (χ2n) is 11.1. The molecular weight excluding hydrogens is 529 g/mol. The fourth-order valence-electron chi connectivity index (χ4n) is 4.91. The van der Waals surface area contributed by atoms with Crippen LogP contribution in [0.2, 0.25) is 0 Å². The van der Waals surface area contributed by atoms with E-state index < -0.39 is 22.0 Å². The van der Waals surface area contributed by atoms with Crippen molar-refractivity contribution in [2.24, 2.45) is 17.3 Å². The number of amides is 1. The number of anilines is 1. The highest BCUT2D eigenvalue weighted by molar-refractivity contribution is 7.89. The fourth-order valence-corrected chi connectivity index (χ4v) is 8.26. The van der Waals surface area contributed by atoms with Crippen molar-refractivity contribution in [3.8, 4) is 11.8 Å². The predicted octanol–water partition coefficient (Wildman–Crippen LogP) is 5.53. The lowest BCUT2D eigenvalue weighted by molar-refractivity contribution is -0.124. The van der Waals surface area contributed by atoms with Crippen LogP contribution in [0.15, 0.2) is 27.8 Å². The molecule has 1 aliphatic heterocycles. The van der Waals surface area contributed by atoms with Gasteiger partial charge in [-0.15, -0.1) is 11.3 Å².